The maximum absolute atomic E-state index is 12.8. The topological polar surface area (TPSA) is 69.5 Å². The van der Waals surface area contributed by atoms with Gasteiger partial charge in [-0.05, 0) is 19.4 Å². The van der Waals surface area contributed by atoms with Gasteiger partial charge in [-0.25, -0.2) is 4.68 Å². The first kappa shape index (κ1) is 16.4. The molecule has 128 valence electrons. The van der Waals surface area contributed by atoms with Crippen molar-refractivity contribution in [3.05, 3.63) is 41.6 Å². The van der Waals surface area contributed by atoms with E-state index in [0.717, 1.165) is 5.56 Å². The predicted octanol–water partition coefficient (Wildman–Crippen LogP) is 1.58. The van der Waals surface area contributed by atoms with Gasteiger partial charge in [-0.15, -0.1) is 5.10 Å². The second-order valence-electron chi connectivity index (χ2n) is 6.06. The van der Waals surface area contributed by atoms with Gasteiger partial charge >= 0.3 is 0 Å². The van der Waals surface area contributed by atoms with Gasteiger partial charge in [-0.2, -0.15) is 0 Å². The minimum atomic E-state index is -0.173. The van der Waals surface area contributed by atoms with Crippen molar-refractivity contribution in [2.45, 2.75) is 32.6 Å². The van der Waals surface area contributed by atoms with Crippen LogP contribution in [0, 0.1) is 0 Å². The Balaban J connectivity index is 1.82. The molecule has 0 aliphatic carbocycles. The molecule has 7 nitrogen and oxygen atoms in total. The Bertz CT molecular complexity index is 691. The molecule has 1 aliphatic rings. The van der Waals surface area contributed by atoms with Gasteiger partial charge in [0, 0.05) is 13.1 Å². The zero-order valence-corrected chi connectivity index (χ0v) is 14.2. The van der Waals surface area contributed by atoms with E-state index in [4.69, 9.17) is 9.47 Å². The number of morpholine rings is 1. The molecule has 2 heterocycles. The normalized spacial score (nSPS) is 20.9. The number of hydrogen-bond donors (Lipinski definition) is 0. The number of hydrogen-bond acceptors (Lipinski definition) is 5. The summed E-state index contributed by atoms with van der Waals surface area (Å²) in [5.74, 6) is 0.212. The van der Waals surface area contributed by atoms with Gasteiger partial charge in [-0.3, -0.25) is 4.79 Å². The van der Waals surface area contributed by atoms with E-state index in [1.807, 2.05) is 44.2 Å². The standard InChI is InChI=1S/C17H22N4O3/c1-12-9-20(10-13(2)24-12)16(22)15-17(23-3)21(19-18-15)11-14-7-5-4-6-8-14/h4-8,12-13H,9-11H2,1-3H3/t12-,13+. The van der Waals surface area contributed by atoms with Crippen LogP contribution < -0.4 is 4.74 Å². The first-order valence-electron chi connectivity index (χ1n) is 8.04. The Morgan fingerprint density at radius 3 is 2.54 bits per heavy atom. The minimum Gasteiger partial charge on any atom is -0.479 e. The van der Waals surface area contributed by atoms with E-state index in [2.05, 4.69) is 10.3 Å². The van der Waals surface area contributed by atoms with Crippen LogP contribution in [0.3, 0.4) is 0 Å². The zero-order valence-electron chi connectivity index (χ0n) is 14.2. The van der Waals surface area contributed by atoms with Gasteiger partial charge < -0.3 is 14.4 Å². The van der Waals surface area contributed by atoms with Crippen molar-refractivity contribution in [2.24, 2.45) is 0 Å². The molecule has 1 amide bonds. The Morgan fingerprint density at radius 2 is 1.92 bits per heavy atom. The fourth-order valence-corrected chi connectivity index (χ4v) is 2.99. The summed E-state index contributed by atoms with van der Waals surface area (Å²) in [6.07, 6.45) is 0.00566. The molecule has 1 aromatic heterocycles. The third-order valence-corrected chi connectivity index (χ3v) is 3.97. The molecule has 3 rings (SSSR count). The molecule has 1 saturated heterocycles. The summed E-state index contributed by atoms with van der Waals surface area (Å²) in [4.78, 5) is 14.6. The largest absolute Gasteiger partial charge is 0.479 e. The minimum absolute atomic E-state index is 0.00283. The molecule has 0 bridgehead atoms. The van der Waals surface area contributed by atoms with E-state index in [0.29, 0.717) is 25.5 Å². The number of aromatic nitrogens is 3. The zero-order chi connectivity index (χ0) is 17.1. The number of amides is 1. The first-order chi connectivity index (χ1) is 11.6. The highest BCUT2D eigenvalue weighted by molar-refractivity contribution is 5.94. The van der Waals surface area contributed by atoms with Crippen molar-refractivity contribution in [1.29, 1.82) is 0 Å². The highest BCUT2D eigenvalue weighted by Gasteiger charge is 2.31. The van der Waals surface area contributed by atoms with E-state index in [1.165, 1.54) is 7.11 Å². The summed E-state index contributed by atoms with van der Waals surface area (Å²) in [5.41, 5.74) is 1.31. The molecule has 1 aromatic carbocycles. The number of carbonyl (C=O) groups excluding carboxylic acids is 1. The molecule has 0 N–H and O–H groups in total. The summed E-state index contributed by atoms with van der Waals surface area (Å²) < 4.78 is 12.7. The number of rotatable bonds is 4. The second-order valence-corrected chi connectivity index (χ2v) is 6.06. The molecule has 1 aliphatic heterocycles. The molecule has 0 saturated carbocycles. The van der Waals surface area contributed by atoms with Gasteiger partial charge in [0.25, 0.3) is 5.91 Å². The molecule has 0 spiro atoms. The van der Waals surface area contributed by atoms with Crippen LogP contribution in [0.5, 0.6) is 5.88 Å². The summed E-state index contributed by atoms with van der Waals surface area (Å²) in [6.45, 7) is 5.49. The fourth-order valence-electron chi connectivity index (χ4n) is 2.99. The molecular formula is C17H22N4O3. The number of nitrogens with zero attached hydrogens (tertiary/aromatic N) is 4. The van der Waals surface area contributed by atoms with E-state index >= 15 is 0 Å². The van der Waals surface area contributed by atoms with Crippen LogP contribution in [0.25, 0.3) is 0 Å². The van der Waals surface area contributed by atoms with Crippen LogP contribution in [0.1, 0.15) is 29.9 Å². The van der Waals surface area contributed by atoms with E-state index in [9.17, 15) is 4.79 Å². The van der Waals surface area contributed by atoms with E-state index in [1.54, 1.807) is 9.58 Å². The molecule has 0 unspecified atom stereocenters. The monoisotopic (exact) mass is 330 g/mol. The van der Waals surface area contributed by atoms with Gasteiger partial charge in [0.15, 0.2) is 0 Å². The maximum Gasteiger partial charge on any atom is 0.280 e. The third-order valence-electron chi connectivity index (χ3n) is 3.97. The number of methoxy groups -OCH3 is 1. The highest BCUT2D eigenvalue weighted by atomic mass is 16.5. The lowest BCUT2D eigenvalue weighted by molar-refractivity contribution is -0.0588. The van der Waals surface area contributed by atoms with Gasteiger partial charge in [-0.1, -0.05) is 35.5 Å². The lowest BCUT2D eigenvalue weighted by Gasteiger charge is -2.34. The average molecular weight is 330 g/mol. The van der Waals surface area contributed by atoms with E-state index < -0.39 is 0 Å². The Morgan fingerprint density at radius 1 is 1.25 bits per heavy atom. The third kappa shape index (κ3) is 3.41. The van der Waals surface area contributed by atoms with Crippen LogP contribution in [0.4, 0.5) is 0 Å². The lowest BCUT2D eigenvalue weighted by atomic mass is 10.2. The lowest BCUT2D eigenvalue weighted by Crippen LogP contribution is -2.48. The van der Waals surface area contributed by atoms with Crippen molar-refractivity contribution in [3.8, 4) is 5.88 Å². The first-order valence-corrected chi connectivity index (χ1v) is 8.04. The predicted molar refractivity (Wildman–Crippen MR) is 88.0 cm³/mol. The van der Waals surface area contributed by atoms with Crippen LogP contribution >= 0.6 is 0 Å². The van der Waals surface area contributed by atoms with Crippen molar-refractivity contribution in [2.75, 3.05) is 20.2 Å². The molecule has 0 radical (unpaired) electrons. The van der Waals surface area contributed by atoms with Crippen molar-refractivity contribution in [3.63, 3.8) is 0 Å². The van der Waals surface area contributed by atoms with Crippen molar-refractivity contribution < 1.29 is 14.3 Å². The van der Waals surface area contributed by atoms with Crippen LogP contribution in [0.2, 0.25) is 0 Å². The van der Waals surface area contributed by atoms with Crippen LogP contribution in [-0.4, -0.2) is 58.2 Å². The number of benzene rings is 1. The Hall–Kier alpha value is -2.41. The smallest absolute Gasteiger partial charge is 0.280 e. The van der Waals surface area contributed by atoms with Crippen LogP contribution in [-0.2, 0) is 11.3 Å². The highest BCUT2D eigenvalue weighted by Crippen LogP contribution is 2.21. The van der Waals surface area contributed by atoms with Gasteiger partial charge in [0.05, 0.1) is 25.9 Å². The SMILES string of the molecule is COc1c(C(=O)N2C[C@@H](C)O[C@@H](C)C2)nnn1Cc1ccccc1. The molecular weight excluding hydrogens is 308 g/mol. The average Bonchev–Trinajstić information content (AvgIpc) is 2.96. The van der Waals surface area contributed by atoms with Gasteiger partial charge in [0.2, 0.25) is 11.6 Å². The molecule has 1 fully saturated rings. The Kier molecular flexibility index (Phi) is 4.80. The van der Waals surface area contributed by atoms with E-state index in [-0.39, 0.29) is 23.8 Å². The molecule has 2 atom stereocenters. The quantitative estimate of drug-likeness (QED) is 0.851. The summed E-state index contributed by atoms with van der Waals surface area (Å²) in [5, 5.41) is 8.16. The van der Waals surface area contributed by atoms with Crippen LogP contribution in [0.15, 0.2) is 30.3 Å². The van der Waals surface area contributed by atoms with Crippen molar-refractivity contribution in [1.82, 2.24) is 19.9 Å². The Labute approximate surface area is 141 Å². The fraction of sp³-hybridized carbons (Fsp3) is 0.471. The summed E-state index contributed by atoms with van der Waals surface area (Å²) in [7, 11) is 1.53. The number of ether oxygens (including phenoxy) is 2. The second kappa shape index (κ2) is 7.00. The number of carbonyl (C=O) groups is 1. The summed E-state index contributed by atoms with van der Waals surface area (Å²) >= 11 is 0. The summed E-state index contributed by atoms with van der Waals surface area (Å²) in [6, 6.07) is 9.86. The molecule has 24 heavy (non-hydrogen) atoms. The maximum atomic E-state index is 12.8. The molecule has 7 heteroatoms. The van der Waals surface area contributed by atoms with Gasteiger partial charge in [0.1, 0.15) is 0 Å². The van der Waals surface area contributed by atoms with Crippen molar-refractivity contribution >= 4 is 5.91 Å². The molecule has 2 aromatic rings.